The maximum atomic E-state index is 12.1. The lowest BCUT2D eigenvalue weighted by atomic mass is 10.1. The van der Waals surface area contributed by atoms with E-state index in [2.05, 4.69) is 14.9 Å². The number of piperidine rings is 1. The van der Waals surface area contributed by atoms with Crippen molar-refractivity contribution in [3.8, 4) is 0 Å². The number of nitrogens with two attached hydrogens (primary N) is 2. The molecule has 3 heterocycles. The summed E-state index contributed by atoms with van der Waals surface area (Å²) in [6.45, 7) is 2.10. The van der Waals surface area contributed by atoms with Gasteiger partial charge in [0, 0.05) is 32.1 Å². The van der Waals surface area contributed by atoms with Gasteiger partial charge in [0.05, 0.1) is 5.92 Å². The first kappa shape index (κ1) is 14.6. The second kappa shape index (κ2) is 5.78. The third kappa shape index (κ3) is 2.81. The highest BCUT2D eigenvalue weighted by atomic mass is 16.2. The van der Waals surface area contributed by atoms with Crippen molar-refractivity contribution < 1.29 is 9.59 Å². The van der Waals surface area contributed by atoms with Gasteiger partial charge in [-0.25, -0.2) is 0 Å². The lowest BCUT2D eigenvalue weighted by Gasteiger charge is -2.28. The highest BCUT2D eigenvalue weighted by Gasteiger charge is 2.35. The maximum absolute atomic E-state index is 12.1. The molecule has 1 unspecified atom stereocenters. The minimum Gasteiger partial charge on any atom is -0.369 e. The van der Waals surface area contributed by atoms with Gasteiger partial charge in [-0.3, -0.25) is 14.5 Å². The van der Waals surface area contributed by atoms with Crippen molar-refractivity contribution in [1.29, 1.82) is 0 Å². The molecule has 0 saturated carbocycles. The van der Waals surface area contributed by atoms with Crippen LogP contribution in [0.5, 0.6) is 0 Å². The van der Waals surface area contributed by atoms with Crippen LogP contribution in [-0.4, -0.2) is 41.4 Å². The Bertz CT molecular complexity index is 599. The summed E-state index contributed by atoms with van der Waals surface area (Å²) in [5, 5.41) is 0. The Morgan fingerprint density at radius 1 is 1.18 bits per heavy atom. The summed E-state index contributed by atoms with van der Waals surface area (Å²) < 4.78 is 0. The molecule has 1 atom stereocenters. The summed E-state index contributed by atoms with van der Waals surface area (Å²) in [6.07, 6.45) is 3.57. The summed E-state index contributed by atoms with van der Waals surface area (Å²) in [6, 6.07) is 1.77. The first-order chi connectivity index (χ1) is 10.5. The van der Waals surface area contributed by atoms with Gasteiger partial charge < -0.3 is 16.4 Å². The van der Waals surface area contributed by atoms with Crippen molar-refractivity contribution >= 4 is 29.4 Å². The number of amides is 2. The highest BCUT2D eigenvalue weighted by molar-refractivity contribution is 5.99. The summed E-state index contributed by atoms with van der Waals surface area (Å²) in [4.78, 5) is 35.4. The maximum Gasteiger partial charge on any atom is 0.229 e. The fourth-order valence-corrected chi connectivity index (χ4v) is 2.98. The predicted molar refractivity (Wildman–Crippen MR) is 82.2 cm³/mol. The van der Waals surface area contributed by atoms with Gasteiger partial charge in [-0.2, -0.15) is 9.97 Å². The van der Waals surface area contributed by atoms with Crippen LogP contribution in [-0.2, 0) is 9.59 Å². The van der Waals surface area contributed by atoms with Gasteiger partial charge in [-0.15, -0.1) is 0 Å². The van der Waals surface area contributed by atoms with Crippen molar-refractivity contribution in [2.24, 2.45) is 11.7 Å². The van der Waals surface area contributed by atoms with E-state index in [1.165, 1.54) is 11.3 Å². The Morgan fingerprint density at radius 3 is 2.50 bits per heavy atom. The third-order valence-corrected chi connectivity index (χ3v) is 4.20. The molecule has 1 aromatic heterocycles. The number of primary amides is 1. The van der Waals surface area contributed by atoms with Crippen LogP contribution in [0.4, 0.5) is 17.6 Å². The first-order valence-electron chi connectivity index (χ1n) is 7.54. The Kier molecular flexibility index (Phi) is 3.82. The number of aromatic nitrogens is 2. The highest BCUT2D eigenvalue weighted by Crippen LogP contribution is 2.27. The fourth-order valence-electron chi connectivity index (χ4n) is 2.98. The molecular formula is C14H20N6O2. The van der Waals surface area contributed by atoms with Gasteiger partial charge in [0.15, 0.2) is 0 Å². The molecular weight excluding hydrogens is 284 g/mol. The van der Waals surface area contributed by atoms with E-state index >= 15 is 0 Å². The number of nitrogen functional groups attached to an aromatic ring is 1. The second-order valence-corrected chi connectivity index (χ2v) is 5.80. The molecule has 0 radical (unpaired) electrons. The Hall–Kier alpha value is -2.38. The normalized spacial score (nSPS) is 22.2. The molecule has 0 spiro atoms. The molecule has 2 amide bonds. The van der Waals surface area contributed by atoms with Crippen LogP contribution in [0.15, 0.2) is 6.07 Å². The summed E-state index contributed by atoms with van der Waals surface area (Å²) in [7, 11) is 0. The lowest BCUT2D eigenvalue weighted by molar-refractivity contribution is -0.123. The molecule has 22 heavy (non-hydrogen) atoms. The van der Waals surface area contributed by atoms with Gasteiger partial charge in [-0.05, 0) is 19.3 Å². The standard InChI is InChI=1S/C14H20N6O2/c15-13(22)9-6-12(21)20(8-9)11-7-10(17-14(16)18-11)19-4-2-1-3-5-19/h7,9H,1-6,8H2,(H2,15,22)(H2,16,17,18). The monoisotopic (exact) mass is 304 g/mol. The van der Waals surface area contributed by atoms with Crippen LogP contribution in [0.1, 0.15) is 25.7 Å². The number of rotatable bonds is 3. The van der Waals surface area contributed by atoms with Crippen molar-refractivity contribution in [1.82, 2.24) is 9.97 Å². The van der Waals surface area contributed by atoms with E-state index in [1.807, 2.05) is 0 Å². The van der Waals surface area contributed by atoms with E-state index in [4.69, 9.17) is 11.5 Å². The van der Waals surface area contributed by atoms with E-state index in [-0.39, 0.29) is 24.8 Å². The van der Waals surface area contributed by atoms with Crippen LogP contribution in [0.25, 0.3) is 0 Å². The van der Waals surface area contributed by atoms with Crippen molar-refractivity contribution in [3.05, 3.63) is 6.07 Å². The predicted octanol–water partition coefficient (Wildman–Crippen LogP) is -0.113. The number of hydrogen-bond donors (Lipinski definition) is 2. The van der Waals surface area contributed by atoms with E-state index in [0.29, 0.717) is 5.82 Å². The SMILES string of the molecule is NC(=O)C1CC(=O)N(c2cc(N3CCCCC3)nc(N)n2)C1. The quantitative estimate of drug-likeness (QED) is 0.804. The van der Waals surface area contributed by atoms with Crippen LogP contribution < -0.4 is 21.3 Å². The van der Waals surface area contributed by atoms with Crippen molar-refractivity contribution in [3.63, 3.8) is 0 Å². The van der Waals surface area contributed by atoms with E-state index in [9.17, 15) is 9.59 Å². The van der Waals surface area contributed by atoms with E-state index < -0.39 is 11.8 Å². The van der Waals surface area contributed by atoms with Gasteiger partial charge >= 0.3 is 0 Å². The van der Waals surface area contributed by atoms with Gasteiger partial charge in [0.25, 0.3) is 0 Å². The average molecular weight is 304 g/mol. The van der Waals surface area contributed by atoms with Gasteiger partial charge in [0.1, 0.15) is 11.6 Å². The number of nitrogens with zero attached hydrogens (tertiary/aromatic N) is 4. The summed E-state index contributed by atoms with van der Waals surface area (Å²) >= 11 is 0. The molecule has 0 aromatic carbocycles. The molecule has 118 valence electrons. The van der Waals surface area contributed by atoms with Crippen LogP contribution >= 0.6 is 0 Å². The molecule has 3 rings (SSSR count). The Balaban J connectivity index is 1.86. The van der Waals surface area contributed by atoms with Crippen LogP contribution in [0.3, 0.4) is 0 Å². The molecule has 2 aliphatic heterocycles. The number of carbonyl (C=O) groups excluding carboxylic acids is 2. The summed E-state index contributed by atoms with van der Waals surface area (Å²) in [5.41, 5.74) is 11.1. The zero-order valence-electron chi connectivity index (χ0n) is 12.4. The van der Waals surface area contributed by atoms with Crippen molar-refractivity contribution in [2.75, 3.05) is 35.2 Å². The lowest BCUT2D eigenvalue weighted by Crippen LogP contribution is -2.32. The van der Waals surface area contributed by atoms with Crippen LogP contribution in [0.2, 0.25) is 0 Å². The largest absolute Gasteiger partial charge is 0.369 e. The zero-order valence-corrected chi connectivity index (χ0v) is 12.4. The topological polar surface area (TPSA) is 118 Å². The zero-order chi connectivity index (χ0) is 15.7. The summed E-state index contributed by atoms with van der Waals surface area (Å²) in [5.74, 6) is 0.218. The van der Waals surface area contributed by atoms with Crippen molar-refractivity contribution in [2.45, 2.75) is 25.7 Å². The Labute approximate surface area is 128 Å². The molecule has 8 nitrogen and oxygen atoms in total. The number of carbonyl (C=O) groups is 2. The van der Waals surface area contributed by atoms with Gasteiger partial charge in [-0.1, -0.05) is 0 Å². The van der Waals surface area contributed by atoms with Crippen LogP contribution in [0, 0.1) is 5.92 Å². The number of anilines is 3. The molecule has 4 N–H and O–H groups in total. The smallest absolute Gasteiger partial charge is 0.229 e. The molecule has 0 bridgehead atoms. The Morgan fingerprint density at radius 2 is 1.86 bits per heavy atom. The molecule has 2 fully saturated rings. The second-order valence-electron chi connectivity index (χ2n) is 5.80. The molecule has 8 heteroatoms. The van der Waals surface area contributed by atoms with E-state index in [1.54, 1.807) is 6.07 Å². The molecule has 2 saturated heterocycles. The number of hydrogen-bond acceptors (Lipinski definition) is 6. The van der Waals surface area contributed by atoms with Gasteiger partial charge in [0.2, 0.25) is 17.8 Å². The molecule has 0 aliphatic carbocycles. The fraction of sp³-hybridized carbons (Fsp3) is 0.571. The molecule has 1 aromatic rings. The minimum atomic E-state index is -0.470. The molecule has 2 aliphatic rings. The third-order valence-electron chi connectivity index (χ3n) is 4.20. The average Bonchev–Trinajstić information content (AvgIpc) is 2.90. The van der Waals surface area contributed by atoms with E-state index in [0.717, 1.165) is 31.7 Å². The minimum absolute atomic E-state index is 0.123. The first-order valence-corrected chi connectivity index (χ1v) is 7.54.